The Kier molecular flexibility index (Phi) is 6.62. The summed E-state index contributed by atoms with van der Waals surface area (Å²) in [5, 5.41) is 6.94. The summed E-state index contributed by atoms with van der Waals surface area (Å²) in [6.07, 6.45) is 1.60. The van der Waals surface area contributed by atoms with Crippen LogP contribution in [0.15, 0.2) is 58.1 Å². The number of amides is 1. The molecule has 0 aliphatic heterocycles. The predicted molar refractivity (Wildman–Crippen MR) is 96.0 cm³/mol. The van der Waals surface area contributed by atoms with Crippen molar-refractivity contribution in [3.05, 3.63) is 58.6 Å². The number of carbonyl (C=O) groups is 1. The van der Waals surface area contributed by atoms with Gasteiger partial charge < -0.3 is 10.1 Å². The van der Waals surface area contributed by atoms with E-state index in [2.05, 4.69) is 31.8 Å². The Morgan fingerprint density at radius 1 is 1.17 bits per heavy atom. The summed E-state index contributed by atoms with van der Waals surface area (Å²) in [5.41, 5.74) is 4.24. The average molecular weight is 376 g/mol. The number of benzene rings is 2. The monoisotopic (exact) mass is 375 g/mol. The smallest absolute Gasteiger partial charge is 0.259 e. The predicted octanol–water partition coefficient (Wildman–Crippen LogP) is 3.41. The molecule has 23 heavy (non-hydrogen) atoms. The van der Waals surface area contributed by atoms with Gasteiger partial charge in [-0.3, -0.25) is 4.79 Å². The summed E-state index contributed by atoms with van der Waals surface area (Å²) >= 11 is 3.36. The van der Waals surface area contributed by atoms with Crippen molar-refractivity contribution in [2.75, 3.05) is 18.5 Å². The fraction of sp³-hybridized carbons (Fsp3) is 0.176. The number of rotatable bonds is 7. The maximum Gasteiger partial charge on any atom is 0.259 e. The lowest BCUT2D eigenvalue weighted by Crippen LogP contribution is -2.25. The maximum absolute atomic E-state index is 11.7. The van der Waals surface area contributed by atoms with Crippen molar-refractivity contribution >= 4 is 33.7 Å². The Labute approximate surface area is 143 Å². The minimum Gasteiger partial charge on any atom is -0.494 e. The second-order valence-corrected chi connectivity index (χ2v) is 5.57. The zero-order valence-corrected chi connectivity index (χ0v) is 14.3. The summed E-state index contributed by atoms with van der Waals surface area (Å²) in [6.45, 7) is 2.71. The third-order valence-corrected chi connectivity index (χ3v) is 3.42. The molecule has 5 nitrogen and oxygen atoms in total. The Bertz CT molecular complexity index is 655. The van der Waals surface area contributed by atoms with E-state index in [4.69, 9.17) is 4.74 Å². The first-order chi connectivity index (χ1) is 11.2. The average Bonchev–Trinajstić information content (AvgIpc) is 2.56. The molecule has 1 amide bonds. The van der Waals surface area contributed by atoms with Gasteiger partial charge in [0.05, 0.1) is 19.4 Å². The molecule has 0 bridgehead atoms. The van der Waals surface area contributed by atoms with Crippen molar-refractivity contribution in [1.82, 2.24) is 5.43 Å². The molecule has 2 aromatic carbocycles. The third kappa shape index (κ3) is 6.12. The molecule has 0 aliphatic rings. The molecule has 0 aromatic heterocycles. The van der Waals surface area contributed by atoms with E-state index in [9.17, 15) is 4.79 Å². The lowest BCUT2D eigenvalue weighted by molar-refractivity contribution is -0.119. The summed E-state index contributed by atoms with van der Waals surface area (Å²) in [7, 11) is 0. The van der Waals surface area contributed by atoms with Gasteiger partial charge in [-0.2, -0.15) is 5.10 Å². The number of carbonyl (C=O) groups excluding carboxylic acids is 1. The van der Waals surface area contributed by atoms with E-state index in [1.54, 1.807) is 6.21 Å². The van der Waals surface area contributed by atoms with Gasteiger partial charge in [0.2, 0.25) is 0 Å². The van der Waals surface area contributed by atoms with E-state index >= 15 is 0 Å². The first-order valence-corrected chi connectivity index (χ1v) is 8.01. The minimum atomic E-state index is -0.216. The number of halogens is 1. The number of ether oxygens (including phenoxy) is 1. The molecule has 0 radical (unpaired) electrons. The van der Waals surface area contributed by atoms with Crippen LogP contribution in [0.3, 0.4) is 0 Å². The van der Waals surface area contributed by atoms with Crippen LogP contribution in [0.2, 0.25) is 0 Å². The number of anilines is 1. The van der Waals surface area contributed by atoms with Crippen molar-refractivity contribution in [1.29, 1.82) is 0 Å². The first kappa shape index (κ1) is 17.0. The number of nitrogens with one attached hydrogen (secondary N) is 2. The standard InChI is InChI=1S/C17H18BrN3O2/c1-2-23-16-9-7-15(8-10-16)19-12-17(22)21-20-11-13-3-5-14(18)6-4-13/h3-11,19H,2,12H2,1H3,(H,21,22)/b20-11-. The number of hydrogen-bond donors (Lipinski definition) is 2. The molecule has 0 unspecified atom stereocenters. The minimum absolute atomic E-state index is 0.145. The molecule has 6 heteroatoms. The molecule has 2 N–H and O–H groups in total. The molecule has 0 heterocycles. The molecule has 0 atom stereocenters. The van der Waals surface area contributed by atoms with Crippen LogP contribution in [0.1, 0.15) is 12.5 Å². The largest absolute Gasteiger partial charge is 0.494 e. The van der Waals surface area contributed by atoms with E-state index in [1.165, 1.54) is 0 Å². The van der Waals surface area contributed by atoms with Crippen molar-refractivity contribution in [3.8, 4) is 5.75 Å². The number of nitrogens with zero attached hydrogens (tertiary/aromatic N) is 1. The third-order valence-electron chi connectivity index (χ3n) is 2.89. The van der Waals surface area contributed by atoms with E-state index in [-0.39, 0.29) is 12.5 Å². The van der Waals surface area contributed by atoms with E-state index in [1.807, 2.05) is 55.5 Å². The van der Waals surface area contributed by atoms with Crippen LogP contribution >= 0.6 is 15.9 Å². The van der Waals surface area contributed by atoms with Crippen molar-refractivity contribution in [2.45, 2.75) is 6.92 Å². The highest BCUT2D eigenvalue weighted by Gasteiger charge is 2.00. The summed E-state index contributed by atoms with van der Waals surface area (Å²) in [6, 6.07) is 15.1. The SMILES string of the molecule is CCOc1ccc(NCC(=O)N/N=C\c2ccc(Br)cc2)cc1. The fourth-order valence-electron chi connectivity index (χ4n) is 1.79. The Hall–Kier alpha value is -2.34. The Balaban J connectivity index is 1.75. The van der Waals surface area contributed by atoms with Gasteiger partial charge >= 0.3 is 0 Å². The second kappa shape index (κ2) is 8.95. The van der Waals surface area contributed by atoms with Gasteiger partial charge in [-0.05, 0) is 48.9 Å². The van der Waals surface area contributed by atoms with E-state index in [0.717, 1.165) is 21.5 Å². The summed E-state index contributed by atoms with van der Waals surface area (Å²) in [5.74, 6) is 0.592. The summed E-state index contributed by atoms with van der Waals surface area (Å²) in [4.78, 5) is 11.7. The van der Waals surface area contributed by atoms with Crippen LogP contribution in [0.4, 0.5) is 5.69 Å². The van der Waals surface area contributed by atoms with E-state index < -0.39 is 0 Å². The molecule has 0 aliphatic carbocycles. The van der Waals surface area contributed by atoms with Crippen LogP contribution in [0.5, 0.6) is 5.75 Å². The Morgan fingerprint density at radius 2 is 1.87 bits per heavy atom. The number of hydrogen-bond acceptors (Lipinski definition) is 4. The molecular formula is C17H18BrN3O2. The molecule has 0 saturated carbocycles. The van der Waals surface area contributed by atoms with Crippen molar-refractivity contribution < 1.29 is 9.53 Å². The Morgan fingerprint density at radius 3 is 2.52 bits per heavy atom. The highest BCUT2D eigenvalue weighted by molar-refractivity contribution is 9.10. The molecule has 2 rings (SSSR count). The number of hydrazone groups is 1. The molecule has 0 spiro atoms. The normalized spacial score (nSPS) is 10.5. The van der Waals surface area contributed by atoms with Gasteiger partial charge in [0.25, 0.3) is 5.91 Å². The van der Waals surface area contributed by atoms with Gasteiger partial charge in [-0.1, -0.05) is 28.1 Å². The van der Waals surface area contributed by atoms with E-state index in [0.29, 0.717) is 6.61 Å². The second-order valence-electron chi connectivity index (χ2n) is 4.66. The van der Waals surface area contributed by atoms with Gasteiger partial charge in [0, 0.05) is 10.2 Å². The van der Waals surface area contributed by atoms with Crippen LogP contribution < -0.4 is 15.5 Å². The highest BCUT2D eigenvalue weighted by atomic mass is 79.9. The zero-order chi connectivity index (χ0) is 16.5. The van der Waals surface area contributed by atoms with Crippen molar-refractivity contribution in [3.63, 3.8) is 0 Å². The molecule has 0 saturated heterocycles. The molecular weight excluding hydrogens is 358 g/mol. The lowest BCUT2D eigenvalue weighted by Gasteiger charge is -2.07. The van der Waals surface area contributed by atoms with Gasteiger partial charge in [-0.15, -0.1) is 0 Å². The highest BCUT2D eigenvalue weighted by Crippen LogP contribution is 2.15. The summed E-state index contributed by atoms with van der Waals surface area (Å²) < 4.78 is 6.36. The molecule has 0 fully saturated rings. The zero-order valence-electron chi connectivity index (χ0n) is 12.8. The van der Waals surface area contributed by atoms with Gasteiger partial charge in [0.1, 0.15) is 5.75 Å². The first-order valence-electron chi connectivity index (χ1n) is 7.21. The quantitative estimate of drug-likeness (QED) is 0.575. The fourth-order valence-corrected chi connectivity index (χ4v) is 2.05. The van der Waals surface area contributed by atoms with Crippen LogP contribution in [-0.2, 0) is 4.79 Å². The van der Waals surface area contributed by atoms with Gasteiger partial charge in [-0.25, -0.2) is 5.43 Å². The maximum atomic E-state index is 11.7. The van der Waals surface area contributed by atoms with Crippen molar-refractivity contribution in [2.24, 2.45) is 5.10 Å². The molecule has 2 aromatic rings. The van der Waals surface area contributed by atoms with Crippen LogP contribution in [0.25, 0.3) is 0 Å². The molecule has 120 valence electrons. The van der Waals surface area contributed by atoms with Gasteiger partial charge in [0.15, 0.2) is 0 Å². The topological polar surface area (TPSA) is 62.7 Å². The van der Waals surface area contributed by atoms with Crippen LogP contribution in [-0.4, -0.2) is 25.3 Å². The lowest BCUT2D eigenvalue weighted by atomic mass is 10.2. The van der Waals surface area contributed by atoms with Crippen LogP contribution in [0, 0.1) is 0 Å².